The normalized spacial score (nSPS) is 18.1. The van der Waals surface area contributed by atoms with Gasteiger partial charge in [-0.3, -0.25) is 9.59 Å². The van der Waals surface area contributed by atoms with E-state index in [2.05, 4.69) is 48.7 Å². The molecular weight excluding hydrogens is 394 g/mol. The Morgan fingerprint density at radius 1 is 1.13 bits per heavy atom. The zero-order valence-corrected chi connectivity index (χ0v) is 17.3. The molecule has 0 saturated carbocycles. The first-order valence-corrected chi connectivity index (χ1v) is 9.57. The molecule has 0 spiro atoms. The molecular formula is C20H26F2N6O2. The second-order valence-corrected chi connectivity index (χ2v) is 8.89. The summed E-state index contributed by atoms with van der Waals surface area (Å²) >= 11 is 0. The minimum atomic E-state index is -1.04. The van der Waals surface area contributed by atoms with Crippen LogP contribution in [0.2, 0.25) is 0 Å². The molecule has 0 aliphatic carbocycles. The molecule has 0 bridgehead atoms. The van der Waals surface area contributed by atoms with Crippen LogP contribution in [-0.2, 0) is 0 Å². The molecule has 2 amide bonds. The second-order valence-electron chi connectivity index (χ2n) is 8.89. The van der Waals surface area contributed by atoms with Gasteiger partial charge in [0.15, 0.2) is 5.69 Å². The van der Waals surface area contributed by atoms with Crippen molar-refractivity contribution in [3.63, 3.8) is 0 Å². The predicted octanol–water partition coefficient (Wildman–Crippen LogP) is 2.17. The van der Waals surface area contributed by atoms with Crippen molar-refractivity contribution in [3.05, 3.63) is 47.3 Å². The van der Waals surface area contributed by atoms with Crippen LogP contribution in [0.1, 0.15) is 61.4 Å². The SMILES string of the molecule is CC1(C)CC(NC(=O)c2nn(N)cc2NC(=O)c2c(F)cccc2F)CC(C)(C)N1. The van der Waals surface area contributed by atoms with Crippen molar-refractivity contribution in [1.29, 1.82) is 0 Å². The zero-order chi connectivity index (χ0) is 22.3. The van der Waals surface area contributed by atoms with Gasteiger partial charge in [0.25, 0.3) is 11.8 Å². The number of carbonyl (C=O) groups excluding carboxylic acids is 2. The Balaban J connectivity index is 1.80. The van der Waals surface area contributed by atoms with Crippen molar-refractivity contribution in [2.24, 2.45) is 0 Å². The summed E-state index contributed by atoms with van der Waals surface area (Å²) in [6.45, 7) is 8.21. The van der Waals surface area contributed by atoms with Crippen LogP contribution >= 0.6 is 0 Å². The van der Waals surface area contributed by atoms with Crippen LogP contribution in [0.5, 0.6) is 0 Å². The van der Waals surface area contributed by atoms with Gasteiger partial charge in [-0.15, -0.1) is 5.10 Å². The Morgan fingerprint density at radius 3 is 2.27 bits per heavy atom. The largest absolute Gasteiger partial charge is 0.348 e. The molecule has 2 heterocycles. The van der Waals surface area contributed by atoms with Crippen molar-refractivity contribution in [3.8, 4) is 0 Å². The van der Waals surface area contributed by atoms with Gasteiger partial charge < -0.3 is 21.8 Å². The molecule has 3 rings (SSSR count). The molecule has 10 heteroatoms. The number of halogens is 2. The van der Waals surface area contributed by atoms with E-state index in [-0.39, 0.29) is 28.5 Å². The molecule has 0 atom stereocenters. The quantitative estimate of drug-likeness (QED) is 0.566. The van der Waals surface area contributed by atoms with E-state index < -0.39 is 29.0 Å². The smallest absolute Gasteiger partial charge is 0.274 e. The number of anilines is 1. The van der Waals surface area contributed by atoms with E-state index in [9.17, 15) is 18.4 Å². The molecule has 8 nitrogen and oxygen atoms in total. The summed E-state index contributed by atoms with van der Waals surface area (Å²) in [5.74, 6) is 2.01. The highest BCUT2D eigenvalue weighted by atomic mass is 19.1. The number of nitrogen functional groups attached to an aromatic ring is 1. The Morgan fingerprint density at radius 2 is 1.70 bits per heavy atom. The Kier molecular flexibility index (Phi) is 5.55. The lowest BCUT2D eigenvalue weighted by atomic mass is 9.79. The van der Waals surface area contributed by atoms with Gasteiger partial charge in [-0.2, -0.15) is 4.79 Å². The Bertz CT molecular complexity index is 949. The van der Waals surface area contributed by atoms with Crippen LogP contribution in [0, 0.1) is 11.6 Å². The topological polar surface area (TPSA) is 114 Å². The molecule has 1 aliphatic rings. The summed E-state index contributed by atoms with van der Waals surface area (Å²) in [6.07, 6.45) is 2.57. The summed E-state index contributed by atoms with van der Waals surface area (Å²) in [5.41, 5.74) is -1.32. The van der Waals surface area contributed by atoms with Crippen molar-refractivity contribution in [2.75, 3.05) is 11.2 Å². The van der Waals surface area contributed by atoms with Gasteiger partial charge in [0.05, 0.1) is 11.9 Å². The predicted molar refractivity (Wildman–Crippen MR) is 108 cm³/mol. The highest BCUT2D eigenvalue weighted by Crippen LogP contribution is 2.29. The minimum Gasteiger partial charge on any atom is -0.348 e. The highest BCUT2D eigenvalue weighted by Gasteiger charge is 2.38. The molecule has 162 valence electrons. The maximum absolute atomic E-state index is 13.9. The van der Waals surface area contributed by atoms with Gasteiger partial charge in [0.2, 0.25) is 0 Å². The van der Waals surface area contributed by atoms with Gasteiger partial charge in [0.1, 0.15) is 17.2 Å². The third-order valence-corrected chi connectivity index (χ3v) is 4.91. The van der Waals surface area contributed by atoms with Crippen LogP contribution in [0.25, 0.3) is 0 Å². The highest BCUT2D eigenvalue weighted by molar-refractivity contribution is 6.08. The number of nitrogens with two attached hydrogens (primary N) is 1. The van der Waals surface area contributed by atoms with Gasteiger partial charge in [-0.1, -0.05) is 6.07 Å². The number of rotatable bonds is 4. The molecule has 1 saturated heterocycles. The maximum atomic E-state index is 13.9. The molecule has 1 aliphatic heterocycles. The number of carbonyl (C=O) groups is 2. The number of benzene rings is 1. The van der Waals surface area contributed by atoms with Crippen molar-refractivity contribution in [2.45, 2.75) is 57.7 Å². The number of piperidine rings is 1. The minimum absolute atomic E-state index is 0.0462. The van der Waals surface area contributed by atoms with Crippen LogP contribution < -0.4 is 21.8 Å². The van der Waals surface area contributed by atoms with E-state index in [1.165, 1.54) is 6.20 Å². The average Bonchev–Trinajstić information content (AvgIpc) is 2.92. The summed E-state index contributed by atoms with van der Waals surface area (Å²) in [7, 11) is 0. The first-order chi connectivity index (χ1) is 13.9. The summed E-state index contributed by atoms with van der Waals surface area (Å²) in [6, 6.07) is 2.96. The van der Waals surface area contributed by atoms with Crippen LogP contribution in [-0.4, -0.2) is 38.8 Å². The van der Waals surface area contributed by atoms with E-state index in [0.29, 0.717) is 12.8 Å². The van der Waals surface area contributed by atoms with Crippen molar-refractivity contribution >= 4 is 17.5 Å². The third kappa shape index (κ3) is 4.76. The Labute approximate surface area is 173 Å². The lowest BCUT2D eigenvalue weighted by molar-refractivity contribution is 0.0868. The first-order valence-electron chi connectivity index (χ1n) is 9.57. The molecule has 0 unspecified atom stereocenters. The van der Waals surface area contributed by atoms with E-state index >= 15 is 0 Å². The fraction of sp³-hybridized carbons (Fsp3) is 0.450. The van der Waals surface area contributed by atoms with E-state index in [1.807, 2.05) is 0 Å². The molecule has 5 N–H and O–H groups in total. The zero-order valence-electron chi connectivity index (χ0n) is 17.3. The maximum Gasteiger partial charge on any atom is 0.274 e. The lowest BCUT2D eigenvalue weighted by Crippen LogP contribution is -2.62. The summed E-state index contributed by atoms with van der Waals surface area (Å²) < 4.78 is 27.8. The average molecular weight is 420 g/mol. The number of amides is 2. The van der Waals surface area contributed by atoms with E-state index in [1.54, 1.807) is 0 Å². The third-order valence-electron chi connectivity index (χ3n) is 4.91. The number of hydrogen-bond donors (Lipinski definition) is 4. The number of nitrogens with one attached hydrogen (secondary N) is 3. The Hall–Kier alpha value is -3.01. The number of hydrogen-bond acceptors (Lipinski definition) is 5. The second kappa shape index (κ2) is 7.67. The van der Waals surface area contributed by atoms with Gasteiger partial charge >= 0.3 is 0 Å². The van der Waals surface area contributed by atoms with Crippen molar-refractivity contribution < 1.29 is 18.4 Å². The van der Waals surface area contributed by atoms with Gasteiger partial charge in [-0.25, -0.2) is 8.78 Å². The van der Waals surface area contributed by atoms with Crippen LogP contribution in [0.15, 0.2) is 24.4 Å². The van der Waals surface area contributed by atoms with Crippen molar-refractivity contribution in [1.82, 2.24) is 20.5 Å². The van der Waals surface area contributed by atoms with Crippen LogP contribution in [0.4, 0.5) is 14.5 Å². The monoisotopic (exact) mass is 420 g/mol. The fourth-order valence-electron chi connectivity index (χ4n) is 4.23. The molecule has 1 aromatic heterocycles. The standard InChI is InChI=1S/C20H26F2N6O2/c1-19(2)8-11(9-20(3,4)27-19)24-18(30)16-14(10-28(23)26-16)25-17(29)15-12(21)6-5-7-13(15)22/h5-7,10-11,27H,8-9,23H2,1-4H3,(H,24,30)(H,25,29). The fourth-order valence-corrected chi connectivity index (χ4v) is 4.23. The van der Waals surface area contributed by atoms with Crippen LogP contribution in [0.3, 0.4) is 0 Å². The van der Waals surface area contributed by atoms with Gasteiger partial charge in [-0.05, 0) is 52.7 Å². The summed E-state index contributed by atoms with van der Waals surface area (Å²) in [5, 5.41) is 12.7. The first kappa shape index (κ1) is 21.7. The molecule has 30 heavy (non-hydrogen) atoms. The molecule has 1 fully saturated rings. The summed E-state index contributed by atoms with van der Waals surface area (Å²) in [4.78, 5) is 26.1. The number of nitrogens with zero attached hydrogens (tertiary/aromatic N) is 2. The lowest BCUT2D eigenvalue weighted by Gasteiger charge is -2.46. The van der Waals surface area contributed by atoms with E-state index in [0.717, 1.165) is 23.0 Å². The van der Waals surface area contributed by atoms with Gasteiger partial charge in [0, 0.05) is 17.1 Å². The molecule has 0 radical (unpaired) electrons. The van der Waals surface area contributed by atoms with E-state index in [4.69, 9.17) is 5.84 Å². The molecule has 1 aromatic carbocycles. The number of aromatic nitrogens is 2. The molecule has 2 aromatic rings.